The molecule has 1 aromatic rings. The number of hydrogen-bond acceptors (Lipinski definition) is 3. The largest absolute Gasteiger partial charge is 0.379 e. The maximum absolute atomic E-state index is 12.0. The van der Waals surface area contributed by atoms with Crippen molar-refractivity contribution in [1.29, 1.82) is 0 Å². The summed E-state index contributed by atoms with van der Waals surface area (Å²) in [7, 11) is 0. The summed E-state index contributed by atoms with van der Waals surface area (Å²) >= 11 is 6.17. The highest BCUT2D eigenvalue weighted by Crippen LogP contribution is 2.43. The van der Waals surface area contributed by atoms with E-state index in [-0.39, 0.29) is 11.9 Å². The molecule has 116 valence electrons. The topological polar surface area (TPSA) is 47.6 Å². The Balaban J connectivity index is 1.74. The first-order valence-corrected chi connectivity index (χ1v) is 7.75. The number of nitrogens with one attached hydrogen (secondary N) is 1. The summed E-state index contributed by atoms with van der Waals surface area (Å²) < 4.78 is 10.6. The third-order valence-electron chi connectivity index (χ3n) is 3.59. The van der Waals surface area contributed by atoms with Crippen LogP contribution in [0.3, 0.4) is 0 Å². The molecule has 1 aliphatic carbocycles. The van der Waals surface area contributed by atoms with Gasteiger partial charge in [0.1, 0.15) is 6.10 Å². The fraction of sp³-hybridized carbons (Fsp3) is 0.562. The molecule has 1 saturated carbocycles. The molecule has 3 atom stereocenters. The smallest absolute Gasteiger partial charge is 0.249 e. The van der Waals surface area contributed by atoms with Crippen LogP contribution in [-0.2, 0) is 14.3 Å². The van der Waals surface area contributed by atoms with Crippen molar-refractivity contribution in [3.63, 3.8) is 0 Å². The van der Waals surface area contributed by atoms with Crippen LogP contribution in [0.1, 0.15) is 31.7 Å². The molecule has 0 heterocycles. The van der Waals surface area contributed by atoms with Gasteiger partial charge >= 0.3 is 0 Å². The lowest BCUT2D eigenvalue weighted by Gasteiger charge is -2.13. The van der Waals surface area contributed by atoms with Crippen LogP contribution in [0, 0.1) is 0 Å². The van der Waals surface area contributed by atoms with Crippen LogP contribution in [-0.4, -0.2) is 37.9 Å². The Hall–Kier alpha value is -1.10. The first kappa shape index (κ1) is 16.3. The summed E-state index contributed by atoms with van der Waals surface area (Å²) in [6, 6.07) is 7.94. The molecule has 0 saturated heterocycles. The number of amides is 1. The van der Waals surface area contributed by atoms with Crippen LogP contribution in [0.25, 0.3) is 0 Å². The van der Waals surface area contributed by atoms with Crippen LogP contribution in [0.5, 0.6) is 0 Å². The van der Waals surface area contributed by atoms with Gasteiger partial charge in [0.2, 0.25) is 5.91 Å². The summed E-state index contributed by atoms with van der Waals surface area (Å²) in [6.07, 6.45) is 0.471. The average Bonchev–Trinajstić information content (AvgIpc) is 3.22. The molecule has 0 bridgehead atoms. The van der Waals surface area contributed by atoms with E-state index in [4.69, 9.17) is 21.1 Å². The number of rotatable bonds is 8. The van der Waals surface area contributed by atoms with Crippen LogP contribution >= 0.6 is 11.6 Å². The van der Waals surface area contributed by atoms with E-state index in [2.05, 4.69) is 5.32 Å². The molecule has 0 unspecified atom stereocenters. The maximum atomic E-state index is 12.0. The summed E-state index contributed by atoms with van der Waals surface area (Å²) in [5, 5.41) is 3.77. The highest BCUT2D eigenvalue weighted by molar-refractivity contribution is 6.31. The monoisotopic (exact) mass is 311 g/mol. The lowest BCUT2D eigenvalue weighted by molar-refractivity contribution is -0.132. The minimum Gasteiger partial charge on any atom is -0.379 e. The van der Waals surface area contributed by atoms with Gasteiger partial charge in [-0.3, -0.25) is 4.79 Å². The first-order valence-electron chi connectivity index (χ1n) is 7.37. The zero-order valence-electron chi connectivity index (χ0n) is 12.5. The molecule has 5 heteroatoms. The lowest BCUT2D eigenvalue weighted by atomic mass is 10.1. The first-order chi connectivity index (χ1) is 10.1. The number of carbonyl (C=O) groups is 1. The number of ether oxygens (including phenoxy) is 2. The second kappa shape index (κ2) is 7.78. The van der Waals surface area contributed by atoms with Crippen molar-refractivity contribution >= 4 is 17.5 Å². The minimum absolute atomic E-state index is 0.0777. The quantitative estimate of drug-likeness (QED) is 0.751. The van der Waals surface area contributed by atoms with Crippen LogP contribution < -0.4 is 5.32 Å². The van der Waals surface area contributed by atoms with Crippen LogP contribution in [0.4, 0.5) is 0 Å². The number of halogens is 1. The Morgan fingerprint density at radius 1 is 1.43 bits per heavy atom. The lowest BCUT2D eigenvalue weighted by Crippen LogP contribution is -2.37. The highest BCUT2D eigenvalue weighted by atomic mass is 35.5. The Kier molecular flexibility index (Phi) is 6.03. The van der Waals surface area contributed by atoms with Gasteiger partial charge in [-0.1, -0.05) is 29.8 Å². The van der Waals surface area contributed by atoms with E-state index < -0.39 is 6.10 Å². The van der Waals surface area contributed by atoms with Crippen molar-refractivity contribution in [2.24, 2.45) is 0 Å². The molecule has 1 N–H and O–H groups in total. The molecule has 1 amide bonds. The molecule has 2 rings (SSSR count). The average molecular weight is 312 g/mol. The normalized spacial score (nSPS) is 21.9. The molecule has 0 radical (unpaired) electrons. The van der Waals surface area contributed by atoms with Gasteiger partial charge in [-0.25, -0.2) is 0 Å². The molecule has 4 nitrogen and oxygen atoms in total. The zero-order chi connectivity index (χ0) is 15.2. The molecule has 1 aliphatic rings. The summed E-state index contributed by atoms with van der Waals surface area (Å²) in [4.78, 5) is 12.0. The minimum atomic E-state index is -0.460. The van der Waals surface area contributed by atoms with E-state index in [1.165, 1.54) is 0 Å². The van der Waals surface area contributed by atoms with Gasteiger partial charge in [0.15, 0.2) is 0 Å². The van der Waals surface area contributed by atoms with E-state index in [0.29, 0.717) is 25.7 Å². The number of carbonyl (C=O) groups excluding carboxylic acids is 1. The third-order valence-corrected chi connectivity index (χ3v) is 3.94. The fourth-order valence-corrected chi connectivity index (χ4v) is 2.55. The van der Waals surface area contributed by atoms with Crippen molar-refractivity contribution in [3.8, 4) is 0 Å². The molecule has 0 aliphatic heterocycles. The predicted molar refractivity (Wildman–Crippen MR) is 82.6 cm³/mol. The Bertz CT molecular complexity index is 480. The van der Waals surface area contributed by atoms with Gasteiger partial charge in [0, 0.05) is 23.6 Å². The third kappa shape index (κ3) is 4.70. The van der Waals surface area contributed by atoms with Crippen LogP contribution in [0.15, 0.2) is 24.3 Å². The molecule has 1 fully saturated rings. The van der Waals surface area contributed by atoms with Gasteiger partial charge in [-0.15, -0.1) is 0 Å². The van der Waals surface area contributed by atoms with Gasteiger partial charge in [0.25, 0.3) is 0 Å². The fourth-order valence-electron chi connectivity index (χ4n) is 2.28. The summed E-state index contributed by atoms with van der Waals surface area (Å²) in [6.45, 7) is 5.29. The highest BCUT2D eigenvalue weighted by Gasteiger charge is 2.41. The van der Waals surface area contributed by atoms with Crippen molar-refractivity contribution < 1.29 is 14.3 Å². The second-order valence-corrected chi connectivity index (χ2v) is 5.60. The van der Waals surface area contributed by atoms with Gasteiger partial charge in [-0.05, 0) is 31.9 Å². The van der Waals surface area contributed by atoms with Crippen molar-refractivity contribution in [3.05, 3.63) is 34.9 Å². The van der Waals surface area contributed by atoms with Crippen LogP contribution in [0.2, 0.25) is 5.02 Å². The molecule has 0 aromatic heterocycles. The van der Waals surface area contributed by atoms with Crippen molar-refractivity contribution in [2.45, 2.75) is 38.3 Å². The molecular weight excluding hydrogens is 290 g/mol. The van der Waals surface area contributed by atoms with Gasteiger partial charge in [0.05, 0.1) is 13.2 Å². The Labute approximate surface area is 130 Å². The second-order valence-electron chi connectivity index (χ2n) is 5.19. The van der Waals surface area contributed by atoms with Crippen molar-refractivity contribution in [2.75, 3.05) is 19.8 Å². The molecule has 21 heavy (non-hydrogen) atoms. The summed E-state index contributed by atoms with van der Waals surface area (Å²) in [5.74, 6) is 0.240. The van der Waals surface area contributed by atoms with Gasteiger partial charge in [-0.2, -0.15) is 0 Å². The summed E-state index contributed by atoms with van der Waals surface area (Å²) in [5.41, 5.74) is 1.11. The zero-order valence-corrected chi connectivity index (χ0v) is 13.2. The number of benzene rings is 1. The Morgan fingerprint density at radius 3 is 2.90 bits per heavy atom. The van der Waals surface area contributed by atoms with E-state index in [1.807, 2.05) is 31.2 Å². The molecule has 0 spiro atoms. The maximum Gasteiger partial charge on any atom is 0.249 e. The standard InChI is InChI=1S/C16H22ClNO3/c1-3-20-8-9-21-11(2)16(19)18-15-10-13(15)12-6-4-5-7-14(12)17/h4-7,11,13,15H,3,8-10H2,1-2H3,(H,18,19)/t11-,13-,15+/m1/s1. The SMILES string of the molecule is CCOCCO[C@H](C)C(=O)N[C@H]1C[C@@H]1c1ccccc1Cl. The molecule has 1 aromatic carbocycles. The van der Waals surface area contributed by atoms with E-state index in [1.54, 1.807) is 6.92 Å². The van der Waals surface area contributed by atoms with E-state index in [0.717, 1.165) is 17.0 Å². The molecular formula is C16H22ClNO3. The van der Waals surface area contributed by atoms with Crippen molar-refractivity contribution in [1.82, 2.24) is 5.32 Å². The van der Waals surface area contributed by atoms with Gasteiger partial charge < -0.3 is 14.8 Å². The predicted octanol–water partition coefficient (Wildman–Crippen LogP) is 2.75. The number of hydrogen-bond donors (Lipinski definition) is 1. The Morgan fingerprint density at radius 2 is 2.19 bits per heavy atom. The van der Waals surface area contributed by atoms with E-state index >= 15 is 0 Å². The van der Waals surface area contributed by atoms with E-state index in [9.17, 15) is 4.79 Å².